The zero-order valence-electron chi connectivity index (χ0n) is 32.5. The van der Waals surface area contributed by atoms with Crippen LogP contribution in [-0.4, -0.2) is 51.5 Å². The van der Waals surface area contributed by atoms with E-state index in [1.165, 1.54) is 0 Å². The monoisotopic (exact) mass is 832 g/mol. The number of nitrogens with zero attached hydrogens (tertiary/aromatic N) is 2. The Kier molecular flexibility index (Phi) is 16.3. The maximum absolute atomic E-state index is 9.80. The molecule has 1 heterocycles. The highest BCUT2D eigenvalue weighted by Crippen LogP contribution is 2.36. The summed E-state index contributed by atoms with van der Waals surface area (Å²) in [6, 6.07) is 57.6. The summed E-state index contributed by atoms with van der Waals surface area (Å²) < 4.78 is 13.6. The first-order valence-electron chi connectivity index (χ1n) is 19.6. The fraction of sp³-hybridized carbons (Fsp3) is 0.157. The molecule has 0 saturated carbocycles. The van der Waals surface area contributed by atoms with Gasteiger partial charge in [0.2, 0.25) is 0 Å². The van der Waals surface area contributed by atoms with Gasteiger partial charge in [-0.25, -0.2) is 4.98 Å². The van der Waals surface area contributed by atoms with Crippen LogP contribution in [0.4, 0.5) is 0 Å². The molecule has 0 unspecified atom stereocenters. The van der Waals surface area contributed by atoms with Crippen LogP contribution < -0.4 is 9.47 Å². The van der Waals surface area contributed by atoms with E-state index in [2.05, 4.69) is 93.7 Å². The molecule has 6 aromatic carbocycles. The van der Waals surface area contributed by atoms with E-state index < -0.39 is 0 Å². The van der Waals surface area contributed by atoms with Crippen molar-refractivity contribution in [1.29, 1.82) is 0 Å². The molecule has 0 saturated heterocycles. The van der Waals surface area contributed by atoms with E-state index in [0.29, 0.717) is 26.1 Å². The molecular weight excluding hydrogens is 784 g/mol. The Hall–Kier alpha value is -5.99. The predicted octanol–water partition coefficient (Wildman–Crippen LogP) is 11.1. The number of hydrogen-bond acceptors (Lipinski definition) is 5. The number of aliphatic hydroxyl groups excluding tert-OH is 2. The van der Waals surface area contributed by atoms with Gasteiger partial charge in [0.15, 0.2) is 0 Å². The van der Waals surface area contributed by atoms with Gasteiger partial charge >= 0.3 is 0 Å². The number of aliphatic hydroxyl groups is 2. The second-order valence-electron chi connectivity index (χ2n) is 13.4. The minimum Gasteiger partial charge on any atom is -0.493 e. The molecule has 1 aromatic heterocycles. The second kappa shape index (κ2) is 22.7. The van der Waals surface area contributed by atoms with Gasteiger partial charge in [0.1, 0.15) is 18.1 Å². The quantitative estimate of drug-likeness (QED) is 0.0706. The van der Waals surface area contributed by atoms with Crippen molar-refractivity contribution in [3.8, 4) is 11.5 Å². The van der Waals surface area contributed by atoms with Crippen molar-refractivity contribution >= 4 is 38.2 Å². The highest BCUT2D eigenvalue weighted by atomic mass is 79.9. The third-order valence-corrected chi connectivity index (χ3v) is 9.83. The van der Waals surface area contributed by atoms with E-state index in [1.54, 1.807) is 12.5 Å². The van der Waals surface area contributed by atoms with Gasteiger partial charge in [0.25, 0.3) is 0 Å². The largest absolute Gasteiger partial charge is 0.493 e. The minimum atomic E-state index is 0.0933. The molecule has 0 spiro atoms. The van der Waals surface area contributed by atoms with Crippen LogP contribution in [0.1, 0.15) is 46.2 Å². The van der Waals surface area contributed by atoms with Crippen molar-refractivity contribution in [1.82, 2.24) is 9.55 Å². The molecule has 0 aliphatic heterocycles. The normalized spacial score (nSPS) is 11.8. The average Bonchev–Trinajstić information content (AvgIpc) is 3.82. The molecule has 0 bridgehead atoms. The number of hydrogen-bond donors (Lipinski definition) is 2. The zero-order valence-corrected chi connectivity index (χ0v) is 34.1. The summed E-state index contributed by atoms with van der Waals surface area (Å²) in [5.41, 5.74) is 11.3. The Morgan fingerprint density at radius 1 is 0.483 bits per heavy atom. The molecule has 7 heteroatoms. The van der Waals surface area contributed by atoms with Gasteiger partial charge in [-0.1, -0.05) is 162 Å². The first-order valence-corrected chi connectivity index (χ1v) is 20.7. The lowest BCUT2D eigenvalue weighted by Gasteiger charge is -2.17. The molecule has 294 valence electrons. The van der Waals surface area contributed by atoms with Crippen molar-refractivity contribution in [2.45, 2.75) is 19.4 Å². The molecule has 2 N–H and O–H groups in total. The summed E-state index contributed by atoms with van der Waals surface area (Å²) in [6.45, 7) is 2.17. The van der Waals surface area contributed by atoms with Crippen LogP contribution in [-0.2, 0) is 6.54 Å². The highest BCUT2D eigenvalue weighted by molar-refractivity contribution is 9.09. The molecule has 0 aliphatic carbocycles. The van der Waals surface area contributed by atoms with E-state index in [4.69, 9.17) is 9.47 Å². The lowest BCUT2D eigenvalue weighted by Crippen LogP contribution is -2.06. The number of aromatic nitrogens is 2. The number of rotatable bonds is 17. The van der Waals surface area contributed by atoms with Crippen LogP contribution in [0.25, 0.3) is 22.3 Å². The Morgan fingerprint density at radius 2 is 0.862 bits per heavy atom. The van der Waals surface area contributed by atoms with Crippen molar-refractivity contribution in [3.63, 3.8) is 0 Å². The summed E-state index contributed by atoms with van der Waals surface area (Å²) in [5.74, 6) is 1.69. The van der Waals surface area contributed by atoms with Gasteiger partial charge in [0.05, 0.1) is 19.5 Å². The Morgan fingerprint density at radius 3 is 1.22 bits per heavy atom. The molecular formula is C51H49BrN2O4. The first kappa shape index (κ1) is 41.6. The highest BCUT2D eigenvalue weighted by Gasteiger charge is 2.15. The zero-order chi connectivity index (χ0) is 40.2. The fourth-order valence-corrected chi connectivity index (χ4v) is 7.01. The number of ether oxygens (including phenoxy) is 2. The van der Waals surface area contributed by atoms with Gasteiger partial charge in [-0.15, -0.1) is 0 Å². The fourth-order valence-electron chi connectivity index (χ4n) is 6.85. The second-order valence-corrected chi connectivity index (χ2v) is 14.1. The number of imidazole rings is 1. The van der Waals surface area contributed by atoms with Crippen LogP contribution in [0.15, 0.2) is 189 Å². The molecule has 6 nitrogen and oxygen atoms in total. The topological polar surface area (TPSA) is 76.7 Å². The van der Waals surface area contributed by atoms with E-state index in [-0.39, 0.29) is 13.2 Å². The maximum Gasteiger partial charge on any atom is 0.119 e. The number of alkyl halides is 1. The molecule has 0 amide bonds. The average molecular weight is 834 g/mol. The summed E-state index contributed by atoms with van der Waals surface area (Å²) in [6.07, 6.45) is 6.65. The van der Waals surface area contributed by atoms with Crippen molar-refractivity contribution in [3.05, 3.63) is 222 Å². The molecule has 0 radical (unpaired) electrons. The van der Waals surface area contributed by atoms with Crippen molar-refractivity contribution < 1.29 is 19.7 Å². The summed E-state index contributed by atoms with van der Waals surface area (Å²) in [5, 5.41) is 20.3. The SMILES string of the molecule is OCC/C(=C(\c1ccccc1)c1ccc(OCCBr)cc1)c1ccccc1.OCC/C(=C(\c1ccccc1)c1ccc(OCCn2ccnc2)cc1)c1ccccc1. The third-order valence-electron chi connectivity index (χ3n) is 9.51. The Bertz CT molecular complexity index is 2280. The van der Waals surface area contributed by atoms with Crippen LogP contribution in [0.2, 0.25) is 0 Å². The minimum absolute atomic E-state index is 0.0933. The van der Waals surface area contributed by atoms with Gasteiger partial charge < -0.3 is 24.3 Å². The van der Waals surface area contributed by atoms with Crippen LogP contribution in [0.5, 0.6) is 11.5 Å². The van der Waals surface area contributed by atoms with E-state index in [0.717, 1.165) is 79.0 Å². The number of benzene rings is 6. The van der Waals surface area contributed by atoms with Gasteiger partial charge in [-0.2, -0.15) is 0 Å². The van der Waals surface area contributed by atoms with E-state index >= 15 is 0 Å². The molecule has 0 aliphatic rings. The predicted molar refractivity (Wildman–Crippen MR) is 241 cm³/mol. The third kappa shape index (κ3) is 11.8. The molecule has 7 rings (SSSR count). The summed E-state index contributed by atoms with van der Waals surface area (Å²) >= 11 is 3.38. The van der Waals surface area contributed by atoms with E-state index in [9.17, 15) is 10.2 Å². The van der Waals surface area contributed by atoms with Crippen LogP contribution in [0.3, 0.4) is 0 Å². The standard InChI is InChI=1S/C27H26N2O2.C24H23BrO2/c30-19-15-26(22-7-3-1-4-8-22)27(23-9-5-2-6-10-23)24-11-13-25(14-12-24)31-20-18-29-17-16-28-21-29;25-16-18-27-22-13-11-21(12-14-22)24(20-9-5-2-6-10-20)23(15-17-26)19-7-3-1-4-8-19/h1-14,16-17,21,30H,15,18-20H2;1-14,26H,15-18H2/b27-26-;24-23-. The van der Waals surface area contributed by atoms with E-state index in [1.807, 2.05) is 108 Å². The maximum atomic E-state index is 9.80. The molecule has 58 heavy (non-hydrogen) atoms. The molecule has 0 atom stereocenters. The Labute approximate surface area is 350 Å². The van der Waals surface area contributed by atoms with Crippen molar-refractivity contribution in [2.24, 2.45) is 0 Å². The van der Waals surface area contributed by atoms with Crippen LogP contribution >= 0.6 is 15.9 Å². The summed E-state index contributed by atoms with van der Waals surface area (Å²) in [7, 11) is 0. The Balaban J connectivity index is 0.000000198. The molecule has 7 aromatic rings. The van der Waals surface area contributed by atoms with Gasteiger partial charge in [0, 0.05) is 30.9 Å². The lowest BCUT2D eigenvalue weighted by atomic mass is 9.88. The van der Waals surface area contributed by atoms with Crippen LogP contribution in [0, 0.1) is 0 Å². The smallest absolute Gasteiger partial charge is 0.119 e. The lowest BCUT2D eigenvalue weighted by molar-refractivity contribution is 0.298. The number of halogens is 1. The van der Waals surface area contributed by atoms with Gasteiger partial charge in [-0.3, -0.25) is 0 Å². The van der Waals surface area contributed by atoms with Crippen molar-refractivity contribution in [2.75, 3.05) is 31.8 Å². The summed E-state index contributed by atoms with van der Waals surface area (Å²) in [4.78, 5) is 4.05. The molecule has 0 fully saturated rings. The first-order chi connectivity index (χ1) is 28.7. The van der Waals surface area contributed by atoms with Gasteiger partial charge in [-0.05, 0) is 92.8 Å².